The number of morpholine rings is 1. The molecule has 0 amide bonds. The van der Waals surface area contributed by atoms with Gasteiger partial charge in [-0.15, -0.1) is 0 Å². The Morgan fingerprint density at radius 2 is 2.47 bits per heavy atom. The summed E-state index contributed by atoms with van der Waals surface area (Å²) in [4.78, 5) is 6.06. The van der Waals surface area contributed by atoms with Crippen LogP contribution in [0.1, 0.15) is 5.56 Å². The Balaban J connectivity index is 1.72. The first kappa shape index (κ1) is 12.4. The fourth-order valence-corrected chi connectivity index (χ4v) is 1.92. The maximum atomic E-state index is 12.9. The Morgan fingerprint density at radius 1 is 1.59 bits per heavy atom. The van der Waals surface area contributed by atoms with Gasteiger partial charge in [0, 0.05) is 32.4 Å². The molecule has 0 saturated carbocycles. The van der Waals surface area contributed by atoms with Gasteiger partial charge in [-0.25, -0.2) is 4.39 Å². The first-order valence-corrected chi connectivity index (χ1v) is 5.84. The summed E-state index contributed by atoms with van der Waals surface area (Å²) in [5, 5.41) is 3.26. The molecule has 0 radical (unpaired) electrons. The predicted molar refractivity (Wildman–Crippen MR) is 63.1 cm³/mol. The standard InChI is InChI=1S/C12H18FN3O/c1-16-2-3-17-12(9-16)8-15-6-10-4-11(13)7-14-5-10/h4-5,7,12,15H,2-3,6,8-9H2,1H3. The van der Waals surface area contributed by atoms with Crippen LogP contribution < -0.4 is 5.32 Å². The van der Waals surface area contributed by atoms with Crippen LogP contribution in [0.25, 0.3) is 0 Å². The Morgan fingerprint density at radius 3 is 3.24 bits per heavy atom. The van der Waals surface area contributed by atoms with Gasteiger partial charge in [0.25, 0.3) is 0 Å². The van der Waals surface area contributed by atoms with E-state index in [4.69, 9.17) is 4.74 Å². The third kappa shape index (κ3) is 4.03. The van der Waals surface area contributed by atoms with Crippen LogP contribution in [0.15, 0.2) is 18.5 Å². The lowest BCUT2D eigenvalue weighted by Gasteiger charge is -2.30. The molecule has 4 nitrogen and oxygen atoms in total. The summed E-state index contributed by atoms with van der Waals surface area (Å²) in [6.45, 7) is 4.11. The Labute approximate surface area is 101 Å². The average Bonchev–Trinajstić information content (AvgIpc) is 2.29. The fourth-order valence-electron chi connectivity index (χ4n) is 1.92. The normalized spacial score (nSPS) is 21.6. The minimum absolute atomic E-state index is 0.218. The molecule has 17 heavy (non-hydrogen) atoms. The molecule has 0 bridgehead atoms. The summed E-state index contributed by atoms with van der Waals surface area (Å²) in [7, 11) is 2.09. The Kier molecular flexibility index (Phi) is 4.42. The molecule has 1 saturated heterocycles. The first-order valence-electron chi connectivity index (χ1n) is 5.84. The molecule has 1 aromatic heterocycles. The van der Waals surface area contributed by atoms with Crippen molar-refractivity contribution in [3.8, 4) is 0 Å². The van der Waals surface area contributed by atoms with Crippen LogP contribution in [0.3, 0.4) is 0 Å². The molecule has 0 aromatic carbocycles. The molecule has 1 N–H and O–H groups in total. The third-order valence-corrected chi connectivity index (χ3v) is 2.80. The zero-order valence-corrected chi connectivity index (χ0v) is 10.0. The monoisotopic (exact) mass is 239 g/mol. The third-order valence-electron chi connectivity index (χ3n) is 2.80. The van der Waals surface area contributed by atoms with E-state index in [1.165, 1.54) is 12.3 Å². The van der Waals surface area contributed by atoms with Gasteiger partial charge in [0.05, 0.1) is 18.9 Å². The average molecular weight is 239 g/mol. The minimum Gasteiger partial charge on any atom is -0.374 e. The number of ether oxygens (including phenoxy) is 1. The second-order valence-electron chi connectivity index (χ2n) is 4.40. The van der Waals surface area contributed by atoms with Crippen molar-refractivity contribution in [2.45, 2.75) is 12.6 Å². The van der Waals surface area contributed by atoms with Crippen molar-refractivity contribution >= 4 is 0 Å². The highest BCUT2D eigenvalue weighted by Crippen LogP contribution is 2.03. The van der Waals surface area contributed by atoms with E-state index in [2.05, 4.69) is 22.2 Å². The molecule has 0 aliphatic carbocycles. The van der Waals surface area contributed by atoms with Gasteiger partial charge in [0.15, 0.2) is 0 Å². The summed E-state index contributed by atoms with van der Waals surface area (Å²) >= 11 is 0. The van der Waals surface area contributed by atoms with Crippen molar-refractivity contribution in [2.24, 2.45) is 0 Å². The van der Waals surface area contributed by atoms with E-state index in [-0.39, 0.29) is 11.9 Å². The zero-order valence-electron chi connectivity index (χ0n) is 10.0. The molecule has 1 aromatic rings. The van der Waals surface area contributed by atoms with Crippen molar-refractivity contribution in [3.05, 3.63) is 29.8 Å². The molecule has 1 atom stereocenters. The zero-order chi connectivity index (χ0) is 12.1. The van der Waals surface area contributed by atoms with Gasteiger partial charge in [-0.05, 0) is 18.7 Å². The summed E-state index contributed by atoms with van der Waals surface area (Å²) in [5.41, 5.74) is 0.856. The van der Waals surface area contributed by atoms with Crippen LogP contribution >= 0.6 is 0 Å². The lowest BCUT2D eigenvalue weighted by atomic mass is 10.2. The molecular weight excluding hydrogens is 221 g/mol. The van der Waals surface area contributed by atoms with Crippen LogP contribution in [-0.4, -0.2) is 49.3 Å². The van der Waals surface area contributed by atoms with E-state index in [1.807, 2.05) is 0 Å². The van der Waals surface area contributed by atoms with Crippen molar-refractivity contribution in [1.82, 2.24) is 15.2 Å². The highest BCUT2D eigenvalue weighted by atomic mass is 19.1. The van der Waals surface area contributed by atoms with Gasteiger partial charge >= 0.3 is 0 Å². The van der Waals surface area contributed by atoms with Crippen LogP contribution in [-0.2, 0) is 11.3 Å². The summed E-state index contributed by atoms with van der Waals surface area (Å²) in [5.74, 6) is -0.294. The number of likely N-dealkylation sites (N-methyl/N-ethyl adjacent to an activating group) is 1. The van der Waals surface area contributed by atoms with E-state index in [9.17, 15) is 4.39 Å². The Hall–Kier alpha value is -1.04. The number of hydrogen-bond donors (Lipinski definition) is 1. The quantitative estimate of drug-likeness (QED) is 0.836. The molecule has 94 valence electrons. The largest absolute Gasteiger partial charge is 0.374 e. The van der Waals surface area contributed by atoms with E-state index in [0.717, 1.165) is 31.8 Å². The predicted octanol–water partition coefficient (Wildman–Crippen LogP) is 0.641. The molecule has 1 aliphatic heterocycles. The molecule has 1 aliphatic rings. The van der Waals surface area contributed by atoms with E-state index in [1.54, 1.807) is 6.20 Å². The molecule has 0 spiro atoms. The van der Waals surface area contributed by atoms with Crippen LogP contribution in [0.4, 0.5) is 4.39 Å². The smallest absolute Gasteiger partial charge is 0.141 e. The second kappa shape index (κ2) is 6.05. The number of nitrogens with one attached hydrogen (secondary N) is 1. The summed E-state index contributed by atoms with van der Waals surface area (Å²) in [6.07, 6.45) is 3.10. The summed E-state index contributed by atoms with van der Waals surface area (Å²) in [6, 6.07) is 1.49. The fraction of sp³-hybridized carbons (Fsp3) is 0.583. The molecular formula is C12H18FN3O. The molecule has 2 heterocycles. The lowest BCUT2D eigenvalue weighted by Crippen LogP contribution is -2.44. The van der Waals surface area contributed by atoms with Gasteiger partial charge in [-0.2, -0.15) is 0 Å². The van der Waals surface area contributed by atoms with Crippen molar-refractivity contribution in [2.75, 3.05) is 33.3 Å². The number of halogens is 1. The maximum absolute atomic E-state index is 12.9. The van der Waals surface area contributed by atoms with Crippen LogP contribution in [0, 0.1) is 5.82 Å². The van der Waals surface area contributed by atoms with Crippen LogP contribution in [0.2, 0.25) is 0 Å². The molecule has 1 unspecified atom stereocenters. The Bertz CT molecular complexity index is 361. The van der Waals surface area contributed by atoms with Crippen molar-refractivity contribution < 1.29 is 9.13 Å². The minimum atomic E-state index is -0.294. The first-order chi connectivity index (χ1) is 8.24. The molecule has 5 heteroatoms. The number of nitrogens with zero attached hydrogens (tertiary/aromatic N) is 2. The highest BCUT2D eigenvalue weighted by molar-refractivity contribution is 5.09. The number of rotatable bonds is 4. The van der Waals surface area contributed by atoms with Gasteiger partial charge < -0.3 is 15.0 Å². The van der Waals surface area contributed by atoms with E-state index >= 15 is 0 Å². The molecule has 2 rings (SSSR count). The molecule has 1 fully saturated rings. The van der Waals surface area contributed by atoms with Crippen LogP contribution in [0.5, 0.6) is 0 Å². The number of aromatic nitrogens is 1. The van der Waals surface area contributed by atoms with Crippen molar-refractivity contribution in [3.63, 3.8) is 0 Å². The van der Waals surface area contributed by atoms with Gasteiger partial charge in [0.2, 0.25) is 0 Å². The highest BCUT2D eigenvalue weighted by Gasteiger charge is 2.16. The van der Waals surface area contributed by atoms with E-state index in [0.29, 0.717) is 6.54 Å². The lowest BCUT2D eigenvalue weighted by molar-refractivity contribution is -0.0182. The van der Waals surface area contributed by atoms with Crippen molar-refractivity contribution in [1.29, 1.82) is 0 Å². The van der Waals surface area contributed by atoms with Gasteiger partial charge in [-0.3, -0.25) is 4.98 Å². The van der Waals surface area contributed by atoms with Gasteiger partial charge in [-0.1, -0.05) is 0 Å². The maximum Gasteiger partial charge on any atom is 0.141 e. The second-order valence-corrected chi connectivity index (χ2v) is 4.40. The summed E-state index contributed by atoms with van der Waals surface area (Å²) < 4.78 is 18.5. The van der Waals surface area contributed by atoms with E-state index < -0.39 is 0 Å². The number of pyridine rings is 1. The number of hydrogen-bond acceptors (Lipinski definition) is 4. The topological polar surface area (TPSA) is 37.4 Å². The SMILES string of the molecule is CN1CCOC(CNCc2cncc(F)c2)C1. The van der Waals surface area contributed by atoms with Gasteiger partial charge in [0.1, 0.15) is 5.82 Å².